The van der Waals surface area contributed by atoms with E-state index in [0.717, 1.165) is 29.7 Å². The van der Waals surface area contributed by atoms with Gasteiger partial charge in [0.05, 0.1) is 29.1 Å². The molecule has 0 aliphatic carbocycles. The van der Waals surface area contributed by atoms with Crippen molar-refractivity contribution in [2.75, 3.05) is 10.0 Å². The van der Waals surface area contributed by atoms with Gasteiger partial charge in [0.1, 0.15) is 5.75 Å². The maximum Gasteiger partial charge on any atom is 0.344 e. The Bertz CT molecular complexity index is 1790. The fraction of sp³-hybridized carbons (Fsp3) is 0.150. The van der Waals surface area contributed by atoms with Gasteiger partial charge in [-0.25, -0.2) is 19.6 Å². The second-order valence-electron chi connectivity index (χ2n) is 11.1. The molecule has 1 aliphatic rings. The van der Waals surface area contributed by atoms with Crippen molar-refractivity contribution in [3.63, 3.8) is 0 Å². The molecule has 0 aromatic heterocycles. The van der Waals surface area contributed by atoms with Crippen LogP contribution in [0.3, 0.4) is 0 Å². The highest BCUT2D eigenvalue weighted by Crippen LogP contribution is 2.41. The molecule has 0 N–H and O–H groups in total. The van der Waals surface area contributed by atoms with E-state index < -0.39 is 18.2 Å². The summed E-state index contributed by atoms with van der Waals surface area (Å²) in [5.41, 5.74) is 4.34. The maximum atomic E-state index is 13.6. The average molecular weight is 625 g/mol. The SMILES string of the molecule is CCCCC1=C(OC(=O)c2ccccc2)N(c2ccc(OC(=O)c3ccccc3)cc2)N(c2ccccc2)C1OCc1ccccc1. The molecule has 47 heavy (non-hydrogen) atoms. The van der Waals surface area contributed by atoms with E-state index in [2.05, 4.69) is 6.92 Å². The lowest BCUT2D eigenvalue weighted by Crippen LogP contribution is -2.45. The van der Waals surface area contributed by atoms with Crippen molar-refractivity contribution in [2.45, 2.75) is 39.0 Å². The van der Waals surface area contributed by atoms with Crippen molar-refractivity contribution in [3.8, 4) is 5.75 Å². The number of anilines is 2. The third-order valence-corrected chi connectivity index (χ3v) is 7.77. The summed E-state index contributed by atoms with van der Waals surface area (Å²) in [6.07, 6.45) is 1.90. The molecule has 236 valence electrons. The topological polar surface area (TPSA) is 68.3 Å². The quantitative estimate of drug-likeness (QED) is 0.101. The van der Waals surface area contributed by atoms with Gasteiger partial charge in [0.2, 0.25) is 5.88 Å². The molecule has 5 aromatic carbocycles. The van der Waals surface area contributed by atoms with E-state index in [0.29, 0.717) is 41.5 Å². The van der Waals surface area contributed by atoms with Crippen LogP contribution in [0.2, 0.25) is 0 Å². The number of hydrogen-bond acceptors (Lipinski definition) is 7. The fourth-order valence-corrected chi connectivity index (χ4v) is 5.41. The van der Waals surface area contributed by atoms with E-state index in [-0.39, 0.29) is 0 Å². The van der Waals surface area contributed by atoms with Crippen LogP contribution in [0.4, 0.5) is 11.4 Å². The van der Waals surface area contributed by atoms with Gasteiger partial charge < -0.3 is 14.2 Å². The summed E-state index contributed by atoms with van der Waals surface area (Å²) in [6, 6.07) is 44.9. The van der Waals surface area contributed by atoms with Crippen molar-refractivity contribution in [2.24, 2.45) is 0 Å². The van der Waals surface area contributed by atoms with E-state index >= 15 is 0 Å². The summed E-state index contributed by atoms with van der Waals surface area (Å²) >= 11 is 0. The Balaban J connectivity index is 1.42. The number of para-hydroxylation sites is 1. The molecule has 1 unspecified atom stereocenters. The van der Waals surface area contributed by atoms with Crippen molar-refractivity contribution < 1.29 is 23.8 Å². The third-order valence-electron chi connectivity index (χ3n) is 7.77. The van der Waals surface area contributed by atoms with Crippen LogP contribution >= 0.6 is 0 Å². The first-order valence-electron chi connectivity index (χ1n) is 15.8. The molecule has 0 spiro atoms. The van der Waals surface area contributed by atoms with Crippen LogP contribution in [0.15, 0.2) is 157 Å². The number of unbranched alkanes of at least 4 members (excludes halogenated alkanes) is 1. The van der Waals surface area contributed by atoms with Gasteiger partial charge in [-0.1, -0.05) is 98.3 Å². The van der Waals surface area contributed by atoms with E-state index in [1.807, 2.05) is 107 Å². The van der Waals surface area contributed by atoms with Gasteiger partial charge in [-0.2, -0.15) is 0 Å². The highest BCUT2D eigenvalue weighted by Gasteiger charge is 2.43. The molecule has 0 amide bonds. The lowest BCUT2D eigenvalue weighted by atomic mass is 10.1. The normalized spacial score (nSPS) is 14.3. The van der Waals surface area contributed by atoms with Crippen molar-refractivity contribution >= 4 is 23.3 Å². The van der Waals surface area contributed by atoms with Gasteiger partial charge in [0.15, 0.2) is 6.23 Å². The van der Waals surface area contributed by atoms with Gasteiger partial charge in [0.25, 0.3) is 0 Å². The number of benzene rings is 5. The minimum atomic E-state index is -0.571. The molecule has 7 nitrogen and oxygen atoms in total. The van der Waals surface area contributed by atoms with Crippen molar-refractivity contribution in [1.82, 2.24) is 0 Å². The number of hydrazine groups is 1. The first-order chi connectivity index (χ1) is 23.1. The highest BCUT2D eigenvalue weighted by atomic mass is 16.6. The van der Waals surface area contributed by atoms with Gasteiger partial charge >= 0.3 is 11.9 Å². The molecule has 7 heteroatoms. The van der Waals surface area contributed by atoms with Gasteiger partial charge in [-0.15, -0.1) is 0 Å². The molecule has 6 rings (SSSR count). The molecule has 1 atom stereocenters. The number of rotatable bonds is 12. The second kappa shape index (κ2) is 15.1. The Morgan fingerprint density at radius 1 is 0.617 bits per heavy atom. The average Bonchev–Trinajstić information content (AvgIpc) is 3.43. The van der Waals surface area contributed by atoms with Crippen LogP contribution in [0.1, 0.15) is 52.5 Å². The van der Waals surface area contributed by atoms with Crippen LogP contribution in [-0.4, -0.2) is 18.2 Å². The molecule has 1 aliphatic heterocycles. The number of hydrogen-bond donors (Lipinski definition) is 0. The fourth-order valence-electron chi connectivity index (χ4n) is 5.41. The second-order valence-corrected chi connectivity index (χ2v) is 11.1. The summed E-state index contributed by atoms with van der Waals surface area (Å²) in [5.74, 6) is -0.130. The van der Waals surface area contributed by atoms with Crippen LogP contribution < -0.4 is 14.8 Å². The van der Waals surface area contributed by atoms with Gasteiger partial charge in [-0.3, -0.25) is 0 Å². The van der Waals surface area contributed by atoms with Crippen LogP contribution in [0.5, 0.6) is 5.75 Å². The Labute approximate surface area is 275 Å². The van der Waals surface area contributed by atoms with E-state index in [9.17, 15) is 9.59 Å². The van der Waals surface area contributed by atoms with Crippen molar-refractivity contribution in [1.29, 1.82) is 0 Å². The summed E-state index contributed by atoms with van der Waals surface area (Å²) in [7, 11) is 0. The first-order valence-corrected chi connectivity index (χ1v) is 15.8. The molecule has 1 heterocycles. The van der Waals surface area contributed by atoms with Gasteiger partial charge in [-0.05, 0) is 79.1 Å². The zero-order chi connectivity index (χ0) is 32.4. The largest absolute Gasteiger partial charge is 0.423 e. The maximum absolute atomic E-state index is 13.6. The summed E-state index contributed by atoms with van der Waals surface area (Å²) in [4.78, 5) is 26.4. The predicted molar refractivity (Wildman–Crippen MR) is 183 cm³/mol. The molecular weight excluding hydrogens is 588 g/mol. The van der Waals surface area contributed by atoms with Crippen LogP contribution in [0, 0.1) is 0 Å². The molecule has 5 aromatic rings. The first kappa shape index (κ1) is 31.3. The number of carbonyl (C=O) groups excluding carboxylic acids is 2. The number of esters is 2. The minimum absolute atomic E-state index is 0.354. The number of carbonyl (C=O) groups is 2. The summed E-state index contributed by atoms with van der Waals surface area (Å²) < 4.78 is 18.7. The minimum Gasteiger partial charge on any atom is -0.423 e. The number of nitrogens with zero attached hydrogens (tertiary/aromatic N) is 2. The van der Waals surface area contributed by atoms with E-state index in [1.54, 1.807) is 48.5 Å². The Morgan fingerprint density at radius 2 is 1.15 bits per heavy atom. The molecule has 0 saturated carbocycles. The molecular formula is C40H36N2O5. The molecule has 0 saturated heterocycles. The van der Waals surface area contributed by atoms with E-state index in [4.69, 9.17) is 14.2 Å². The molecule has 0 radical (unpaired) electrons. The van der Waals surface area contributed by atoms with Crippen LogP contribution in [0.25, 0.3) is 0 Å². The Morgan fingerprint density at radius 3 is 1.72 bits per heavy atom. The van der Waals surface area contributed by atoms with E-state index in [1.165, 1.54) is 0 Å². The smallest absolute Gasteiger partial charge is 0.344 e. The highest BCUT2D eigenvalue weighted by molar-refractivity contribution is 5.91. The standard InChI is InChI=1S/C40H36N2O5/c1-2-3-24-36-37(45-29-30-16-8-4-9-17-30)41(33-22-14-7-15-23-33)42(38(36)47-40(44)32-20-12-6-13-21-32)34-25-27-35(28-26-34)46-39(43)31-18-10-5-11-19-31/h4-23,25-28,37H,2-3,24,29H2,1H3. The molecule has 0 bridgehead atoms. The summed E-state index contributed by atoms with van der Waals surface area (Å²) in [5, 5.41) is 3.91. The predicted octanol–water partition coefficient (Wildman–Crippen LogP) is 8.95. The monoisotopic (exact) mass is 624 g/mol. The van der Waals surface area contributed by atoms with Gasteiger partial charge in [0, 0.05) is 5.57 Å². The lowest BCUT2D eigenvalue weighted by Gasteiger charge is -2.36. The zero-order valence-corrected chi connectivity index (χ0v) is 26.2. The number of ether oxygens (including phenoxy) is 3. The lowest BCUT2D eigenvalue weighted by molar-refractivity contribution is 0.0606. The summed E-state index contributed by atoms with van der Waals surface area (Å²) in [6.45, 7) is 2.49. The van der Waals surface area contributed by atoms with Crippen LogP contribution in [-0.2, 0) is 16.1 Å². The Kier molecular flexibility index (Phi) is 10.1. The molecule has 0 fully saturated rings. The Hall–Kier alpha value is -5.66. The van der Waals surface area contributed by atoms with Crippen molar-refractivity contribution in [3.05, 3.63) is 174 Å². The zero-order valence-electron chi connectivity index (χ0n) is 26.2. The third kappa shape index (κ3) is 7.43.